The summed E-state index contributed by atoms with van der Waals surface area (Å²) in [5.74, 6) is 1.17. The lowest BCUT2D eigenvalue weighted by atomic mass is 9.80. The van der Waals surface area contributed by atoms with E-state index in [0.717, 1.165) is 42.4 Å². The number of anilines is 1. The van der Waals surface area contributed by atoms with Crippen molar-refractivity contribution >= 4 is 21.9 Å². The molecule has 2 aliphatic rings. The van der Waals surface area contributed by atoms with Crippen molar-refractivity contribution in [1.29, 1.82) is 0 Å². The fourth-order valence-corrected chi connectivity index (χ4v) is 6.92. The lowest BCUT2D eigenvalue weighted by molar-refractivity contribution is 0.0504. The van der Waals surface area contributed by atoms with Crippen LogP contribution in [0.3, 0.4) is 0 Å². The highest BCUT2D eigenvalue weighted by Crippen LogP contribution is 2.34. The minimum Gasteiger partial charge on any atom is -0.487 e. The Bertz CT molecular complexity index is 1840. The zero-order valence-corrected chi connectivity index (χ0v) is 28.0. The van der Waals surface area contributed by atoms with Gasteiger partial charge in [-0.2, -0.15) is 4.98 Å². The van der Waals surface area contributed by atoms with Crippen LogP contribution in [-0.2, 0) is 16.6 Å². The average Bonchev–Trinajstić information content (AvgIpc) is 3.03. The van der Waals surface area contributed by atoms with Gasteiger partial charge in [0.15, 0.2) is 5.75 Å². The highest BCUT2D eigenvalue weighted by Gasteiger charge is 2.32. The second-order valence-electron chi connectivity index (χ2n) is 12.4. The second kappa shape index (κ2) is 13.6. The van der Waals surface area contributed by atoms with Gasteiger partial charge in [-0.15, -0.1) is 0 Å². The van der Waals surface area contributed by atoms with Gasteiger partial charge < -0.3 is 14.4 Å². The van der Waals surface area contributed by atoms with E-state index in [9.17, 15) is 13.2 Å². The van der Waals surface area contributed by atoms with Crippen molar-refractivity contribution in [3.63, 3.8) is 0 Å². The SMILES string of the molecule is CC[C@H](C)Oc1cnc(CN2C(=O)c3cccc(c3)S(=O)(=O)Nc3nc(cc(-c4c(C)cccc4C)n3)OC[C@H]2CC2CCC2)nc1. The summed E-state index contributed by atoms with van der Waals surface area (Å²) in [7, 11) is -4.16. The number of rotatable bonds is 8. The number of aryl methyl sites for hydroxylation is 2. The molecule has 2 aromatic heterocycles. The first-order chi connectivity index (χ1) is 22.6. The molecular formula is C35H40N6O5S. The third kappa shape index (κ3) is 7.38. The summed E-state index contributed by atoms with van der Waals surface area (Å²) in [6, 6.07) is 13.3. The zero-order valence-electron chi connectivity index (χ0n) is 27.1. The number of carbonyl (C=O) groups is 1. The normalized spacial score (nSPS) is 18.4. The average molecular weight is 657 g/mol. The number of fused-ring (bicyclic) bond motifs is 4. The van der Waals surface area contributed by atoms with Gasteiger partial charge in [-0.3, -0.25) is 4.79 Å². The van der Waals surface area contributed by atoms with Crippen molar-refractivity contribution in [3.8, 4) is 22.9 Å². The second-order valence-corrected chi connectivity index (χ2v) is 14.1. The molecular weight excluding hydrogens is 616 g/mol. The molecule has 0 radical (unpaired) electrons. The Morgan fingerprint density at radius 1 is 1.04 bits per heavy atom. The van der Waals surface area contributed by atoms with E-state index in [0.29, 0.717) is 29.6 Å². The number of sulfonamides is 1. The van der Waals surface area contributed by atoms with Crippen LogP contribution in [0, 0.1) is 19.8 Å². The Morgan fingerprint density at radius 2 is 1.77 bits per heavy atom. The number of nitrogens with one attached hydrogen (secondary N) is 1. The van der Waals surface area contributed by atoms with Crippen molar-refractivity contribution in [1.82, 2.24) is 24.8 Å². The van der Waals surface area contributed by atoms with Gasteiger partial charge in [0.05, 0.1) is 41.7 Å². The molecule has 1 saturated carbocycles. The number of ether oxygens (including phenoxy) is 2. The van der Waals surface area contributed by atoms with Gasteiger partial charge in [0.25, 0.3) is 15.9 Å². The quantitative estimate of drug-likeness (QED) is 0.238. The fourth-order valence-electron chi connectivity index (χ4n) is 5.93. The third-order valence-corrected chi connectivity index (χ3v) is 10.2. The fraction of sp³-hybridized carbons (Fsp3) is 0.400. The first-order valence-corrected chi connectivity index (χ1v) is 17.6. The molecule has 4 bridgehead atoms. The van der Waals surface area contributed by atoms with Crippen LogP contribution in [0.2, 0.25) is 0 Å². The molecule has 0 unspecified atom stereocenters. The number of amides is 1. The molecule has 4 aromatic rings. The summed E-state index contributed by atoms with van der Waals surface area (Å²) >= 11 is 0. The van der Waals surface area contributed by atoms with E-state index in [-0.39, 0.29) is 53.5 Å². The van der Waals surface area contributed by atoms with Gasteiger partial charge in [-0.25, -0.2) is 28.1 Å². The highest BCUT2D eigenvalue weighted by molar-refractivity contribution is 7.92. The van der Waals surface area contributed by atoms with Crippen molar-refractivity contribution in [2.45, 2.75) is 83.4 Å². The van der Waals surface area contributed by atoms with Crippen LogP contribution in [0.4, 0.5) is 5.95 Å². The van der Waals surface area contributed by atoms with Crippen LogP contribution in [0.25, 0.3) is 11.3 Å². The van der Waals surface area contributed by atoms with Crippen LogP contribution < -0.4 is 14.2 Å². The Morgan fingerprint density at radius 3 is 2.45 bits per heavy atom. The Labute approximate surface area is 275 Å². The minimum absolute atomic E-state index is 0.0183. The molecule has 1 aliphatic carbocycles. The number of aromatic nitrogens is 4. The molecule has 3 heterocycles. The van der Waals surface area contributed by atoms with Crippen LogP contribution >= 0.6 is 0 Å². The summed E-state index contributed by atoms with van der Waals surface area (Å²) in [4.78, 5) is 34.1. The summed E-state index contributed by atoms with van der Waals surface area (Å²) < 4.78 is 42.0. The maximum absolute atomic E-state index is 14.3. The minimum atomic E-state index is -4.16. The largest absolute Gasteiger partial charge is 0.487 e. The van der Waals surface area contributed by atoms with Crippen molar-refractivity contribution in [2.24, 2.45) is 5.92 Å². The molecule has 0 spiro atoms. The molecule has 12 heteroatoms. The number of nitrogens with zero attached hydrogens (tertiary/aromatic N) is 5. The highest BCUT2D eigenvalue weighted by atomic mass is 32.2. The Hall–Kier alpha value is -4.58. The molecule has 11 nitrogen and oxygen atoms in total. The van der Waals surface area contributed by atoms with Gasteiger partial charge in [0.1, 0.15) is 12.4 Å². The molecule has 0 saturated heterocycles. The Kier molecular flexibility index (Phi) is 9.40. The van der Waals surface area contributed by atoms with Gasteiger partial charge in [0, 0.05) is 17.2 Å². The van der Waals surface area contributed by atoms with Gasteiger partial charge in [-0.05, 0) is 68.9 Å². The van der Waals surface area contributed by atoms with Crippen molar-refractivity contribution < 1.29 is 22.7 Å². The van der Waals surface area contributed by atoms with E-state index in [1.165, 1.54) is 12.1 Å². The van der Waals surface area contributed by atoms with Crippen LogP contribution in [0.1, 0.15) is 73.3 Å². The van der Waals surface area contributed by atoms with Crippen molar-refractivity contribution in [3.05, 3.63) is 83.4 Å². The molecule has 2 aromatic carbocycles. The summed E-state index contributed by atoms with van der Waals surface area (Å²) in [5.41, 5.74) is 3.59. The third-order valence-electron chi connectivity index (χ3n) is 8.92. The van der Waals surface area contributed by atoms with Crippen LogP contribution in [0.5, 0.6) is 11.6 Å². The van der Waals surface area contributed by atoms with E-state index < -0.39 is 10.0 Å². The number of hydrogen-bond donors (Lipinski definition) is 1. The maximum Gasteiger partial charge on any atom is 0.264 e. The van der Waals surface area contributed by atoms with Crippen molar-refractivity contribution in [2.75, 3.05) is 11.3 Å². The van der Waals surface area contributed by atoms with E-state index in [4.69, 9.17) is 9.47 Å². The molecule has 47 heavy (non-hydrogen) atoms. The number of hydrogen-bond acceptors (Lipinski definition) is 9. The molecule has 1 fully saturated rings. The van der Waals surface area contributed by atoms with Crippen LogP contribution in [0.15, 0.2) is 65.8 Å². The Balaban J connectivity index is 1.43. The number of carbonyl (C=O) groups excluding carboxylic acids is 1. The topological polar surface area (TPSA) is 136 Å². The standard InChI is InChI=1S/C35H40N6O5S/c1-5-24(4)46-28-18-36-31(37-19-28)20-41-27(15-25-11-7-12-25)21-45-32-17-30(33-22(2)9-6-10-23(33)3)38-35(39-32)40-47(43,44)29-14-8-13-26(16-29)34(41)42/h6,8-10,13-14,16-19,24-25,27H,5,7,11-12,15,20-21H2,1-4H3,(H,38,39,40)/t24-,27+/m0/s1. The molecule has 1 N–H and O–H groups in total. The number of benzene rings is 2. The zero-order chi connectivity index (χ0) is 33.1. The predicted molar refractivity (Wildman–Crippen MR) is 178 cm³/mol. The van der Waals surface area contributed by atoms with E-state index in [1.54, 1.807) is 35.5 Å². The monoisotopic (exact) mass is 656 g/mol. The predicted octanol–water partition coefficient (Wildman–Crippen LogP) is 6.12. The smallest absolute Gasteiger partial charge is 0.264 e. The van der Waals surface area contributed by atoms with E-state index >= 15 is 0 Å². The van der Waals surface area contributed by atoms with Crippen LogP contribution in [-0.4, -0.2) is 57.9 Å². The maximum atomic E-state index is 14.3. The van der Waals surface area contributed by atoms with Gasteiger partial charge >= 0.3 is 0 Å². The van der Waals surface area contributed by atoms with E-state index in [1.807, 2.05) is 45.9 Å². The first kappa shape index (κ1) is 32.4. The molecule has 1 aliphatic heterocycles. The van der Waals surface area contributed by atoms with Gasteiger partial charge in [0.2, 0.25) is 11.8 Å². The molecule has 2 atom stereocenters. The summed E-state index contributed by atoms with van der Waals surface area (Å²) in [6.45, 7) is 8.20. The van der Waals surface area contributed by atoms with E-state index in [2.05, 4.69) is 24.7 Å². The lowest BCUT2D eigenvalue weighted by Crippen LogP contribution is -2.45. The summed E-state index contributed by atoms with van der Waals surface area (Å²) in [5, 5.41) is 0. The lowest BCUT2D eigenvalue weighted by Gasteiger charge is -2.36. The first-order valence-electron chi connectivity index (χ1n) is 16.1. The molecule has 6 rings (SSSR count). The molecule has 1 amide bonds. The summed E-state index contributed by atoms with van der Waals surface area (Å²) in [6.07, 6.45) is 8.10. The van der Waals surface area contributed by atoms with Gasteiger partial charge in [-0.1, -0.05) is 50.5 Å². The molecule has 246 valence electrons.